The average molecular weight is 238 g/mol. The predicted molar refractivity (Wildman–Crippen MR) is 58.2 cm³/mol. The number of fused-ring (bicyclic) bond motifs is 1. The number of halogens is 1. The van der Waals surface area contributed by atoms with Gasteiger partial charge < -0.3 is 4.90 Å². The molecule has 0 radical (unpaired) electrons. The Bertz CT molecular complexity index is 344. The first-order chi connectivity index (χ1) is 6.36. The van der Waals surface area contributed by atoms with E-state index < -0.39 is 0 Å². The van der Waals surface area contributed by atoms with Crippen LogP contribution in [0.5, 0.6) is 0 Å². The highest BCUT2D eigenvalue weighted by Crippen LogP contribution is 2.41. The van der Waals surface area contributed by atoms with Gasteiger partial charge in [-0.25, -0.2) is 0 Å². The van der Waals surface area contributed by atoms with E-state index in [0.29, 0.717) is 0 Å². The van der Waals surface area contributed by atoms with Gasteiger partial charge in [0.1, 0.15) is 0 Å². The molecule has 3 rings (SSSR count). The minimum absolute atomic E-state index is 0.847. The smallest absolute Gasteiger partial charge is 0.0546 e. The lowest BCUT2D eigenvalue weighted by Crippen LogP contribution is -2.22. The molecule has 0 amide bonds. The fourth-order valence-electron chi connectivity index (χ4n) is 2.19. The molecule has 2 heteroatoms. The molecule has 1 aliphatic heterocycles. The third-order valence-electron chi connectivity index (χ3n) is 2.97. The van der Waals surface area contributed by atoms with Gasteiger partial charge in [0.05, 0.1) is 5.69 Å². The Kier molecular flexibility index (Phi) is 1.66. The zero-order chi connectivity index (χ0) is 8.84. The SMILES string of the molecule is Brc1cccc2c1N(C1CC1)CC2. The van der Waals surface area contributed by atoms with Gasteiger partial charge in [-0.1, -0.05) is 12.1 Å². The second-order valence-corrected chi connectivity index (χ2v) is 4.78. The lowest BCUT2D eigenvalue weighted by molar-refractivity contribution is 0.829. The highest BCUT2D eigenvalue weighted by molar-refractivity contribution is 9.10. The van der Waals surface area contributed by atoms with Crippen molar-refractivity contribution in [3.63, 3.8) is 0 Å². The normalized spacial score (nSPS) is 20.5. The molecule has 1 nitrogen and oxygen atoms in total. The molecular formula is C11H12BrN. The van der Waals surface area contributed by atoms with Gasteiger partial charge in [-0.2, -0.15) is 0 Å². The predicted octanol–water partition coefficient (Wildman–Crippen LogP) is 2.97. The van der Waals surface area contributed by atoms with Crippen LogP contribution in [0, 0.1) is 0 Å². The molecule has 0 atom stereocenters. The van der Waals surface area contributed by atoms with Crippen molar-refractivity contribution in [2.75, 3.05) is 11.4 Å². The maximum Gasteiger partial charge on any atom is 0.0546 e. The summed E-state index contributed by atoms with van der Waals surface area (Å²) < 4.78 is 1.27. The van der Waals surface area contributed by atoms with Crippen LogP contribution in [0.15, 0.2) is 22.7 Å². The third kappa shape index (κ3) is 1.19. The van der Waals surface area contributed by atoms with Gasteiger partial charge in [0, 0.05) is 17.1 Å². The van der Waals surface area contributed by atoms with Crippen molar-refractivity contribution in [1.82, 2.24) is 0 Å². The molecule has 0 spiro atoms. The van der Waals surface area contributed by atoms with E-state index in [0.717, 1.165) is 6.04 Å². The van der Waals surface area contributed by atoms with E-state index in [9.17, 15) is 0 Å². The Morgan fingerprint density at radius 2 is 2.15 bits per heavy atom. The summed E-state index contributed by atoms with van der Waals surface area (Å²) in [6, 6.07) is 7.39. The third-order valence-corrected chi connectivity index (χ3v) is 3.61. The summed E-state index contributed by atoms with van der Waals surface area (Å²) in [5.74, 6) is 0. The van der Waals surface area contributed by atoms with E-state index in [-0.39, 0.29) is 0 Å². The number of hydrogen-bond donors (Lipinski definition) is 0. The van der Waals surface area contributed by atoms with E-state index >= 15 is 0 Å². The molecule has 0 unspecified atom stereocenters. The number of rotatable bonds is 1. The van der Waals surface area contributed by atoms with Crippen molar-refractivity contribution in [3.05, 3.63) is 28.2 Å². The first kappa shape index (κ1) is 7.86. The second kappa shape index (κ2) is 2.74. The summed E-state index contributed by atoms with van der Waals surface area (Å²) in [7, 11) is 0. The monoisotopic (exact) mass is 237 g/mol. The maximum atomic E-state index is 3.64. The quantitative estimate of drug-likeness (QED) is 0.727. The van der Waals surface area contributed by atoms with E-state index in [4.69, 9.17) is 0 Å². The minimum Gasteiger partial charge on any atom is -0.367 e. The highest BCUT2D eigenvalue weighted by atomic mass is 79.9. The van der Waals surface area contributed by atoms with Crippen molar-refractivity contribution in [2.24, 2.45) is 0 Å². The van der Waals surface area contributed by atoms with Crippen molar-refractivity contribution >= 4 is 21.6 Å². The highest BCUT2D eigenvalue weighted by Gasteiger charge is 2.34. The molecule has 0 aromatic heterocycles. The molecule has 0 bridgehead atoms. The van der Waals surface area contributed by atoms with E-state index in [2.05, 4.69) is 39.0 Å². The minimum atomic E-state index is 0.847. The fourth-order valence-corrected chi connectivity index (χ4v) is 2.82. The average Bonchev–Trinajstić information content (AvgIpc) is 2.87. The van der Waals surface area contributed by atoms with Crippen molar-refractivity contribution in [3.8, 4) is 0 Å². The Morgan fingerprint density at radius 1 is 1.31 bits per heavy atom. The lowest BCUT2D eigenvalue weighted by Gasteiger charge is -2.19. The van der Waals surface area contributed by atoms with Crippen LogP contribution in [-0.2, 0) is 6.42 Å². The van der Waals surface area contributed by atoms with E-state index in [1.165, 1.54) is 41.5 Å². The van der Waals surface area contributed by atoms with Crippen molar-refractivity contribution in [2.45, 2.75) is 25.3 Å². The number of anilines is 1. The molecule has 1 aliphatic carbocycles. The van der Waals surface area contributed by atoms with Crippen LogP contribution in [0.1, 0.15) is 18.4 Å². The first-order valence-electron chi connectivity index (χ1n) is 4.90. The van der Waals surface area contributed by atoms with Gasteiger partial charge in [0.15, 0.2) is 0 Å². The maximum absolute atomic E-state index is 3.64. The van der Waals surface area contributed by atoms with Crippen molar-refractivity contribution in [1.29, 1.82) is 0 Å². The summed E-state index contributed by atoms with van der Waals surface area (Å²) in [5, 5.41) is 0. The summed E-state index contributed by atoms with van der Waals surface area (Å²) in [6.07, 6.45) is 4.01. The number of para-hydroxylation sites is 1. The number of benzene rings is 1. The van der Waals surface area contributed by atoms with Gasteiger partial charge in [-0.3, -0.25) is 0 Å². The Morgan fingerprint density at radius 3 is 2.92 bits per heavy atom. The molecule has 0 N–H and O–H groups in total. The molecule has 0 saturated heterocycles. The van der Waals surface area contributed by atoms with Gasteiger partial charge in [0.25, 0.3) is 0 Å². The molecule has 13 heavy (non-hydrogen) atoms. The van der Waals surface area contributed by atoms with Gasteiger partial charge in [-0.05, 0) is 46.8 Å². The van der Waals surface area contributed by atoms with Crippen LogP contribution in [-0.4, -0.2) is 12.6 Å². The molecule has 1 fully saturated rings. The fraction of sp³-hybridized carbons (Fsp3) is 0.455. The van der Waals surface area contributed by atoms with Crippen molar-refractivity contribution < 1.29 is 0 Å². The van der Waals surface area contributed by atoms with Crippen LogP contribution in [0.4, 0.5) is 5.69 Å². The van der Waals surface area contributed by atoms with Gasteiger partial charge in [-0.15, -0.1) is 0 Å². The molecule has 1 heterocycles. The summed E-state index contributed by atoms with van der Waals surface area (Å²) >= 11 is 3.64. The van der Waals surface area contributed by atoms with Gasteiger partial charge >= 0.3 is 0 Å². The van der Waals surface area contributed by atoms with Crippen LogP contribution < -0.4 is 4.90 Å². The zero-order valence-electron chi connectivity index (χ0n) is 7.46. The topological polar surface area (TPSA) is 3.24 Å². The standard InChI is InChI=1S/C11H12BrN/c12-10-3-1-2-8-6-7-13(11(8)10)9-4-5-9/h1-3,9H,4-7H2. The molecule has 1 saturated carbocycles. The molecule has 1 aromatic carbocycles. The molecule has 1 aromatic rings. The Hall–Kier alpha value is -0.500. The summed E-state index contributed by atoms with van der Waals surface area (Å²) in [5.41, 5.74) is 2.98. The van der Waals surface area contributed by atoms with Crippen LogP contribution in [0.2, 0.25) is 0 Å². The van der Waals surface area contributed by atoms with E-state index in [1.807, 2.05) is 0 Å². The number of hydrogen-bond acceptors (Lipinski definition) is 1. The second-order valence-electron chi connectivity index (χ2n) is 3.92. The molecular weight excluding hydrogens is 226 g/mol. The summed E-state index contributed by atoms with van der Waals surface area (Å²) in [6.45, 7) is 1.22. The van der Waals surface area contributed by atoms with E-state index in [1.54, 1.807) is 0 Å². The zero-order valence-corrected chi connectivity index (χ0v) is 9.05. The summed E-state index contributed by atoms with van der Waals surface area (Å²) in [4.78, 5) is 2.57. The molecule has 2 aliphatic rings. The largest absolute Gasteiger partial charge is 0.367 e. The lowest BCUT2D eigenvalue weighted by atomic mass is 10.2. The van der Waals surface area contributed by atoms with Gasteiger partial charge in [0.2, 0.25) is 0 Å². The van der Waals surface area contributed by atoms with Crippen LogP contribution in [0.25, 0.3) is 0 Å². The Balaban J connectivity index is 2.07. The number of nitrogens with zero attached hydrogens (tertiary/aromatic N) is 1. The van der Waals surface area contributed by atoms with Crippen LogP contribution in [0.3, 0.4) is 0 Å². The Labute approximate surface area is 86.9 Å². The first-order valence-corrected chi connectivity index (χ1v) is 5.69. The molecule has 68 valence electrons. The van der Waals surface area contributed by atoms with Crippen LogP contribution >= 0.6 is 15.9 Å².